The number of imide groups is 1. The van der Waals surface area contributed by atoms with E-state index in [-0.39, 0.29) is 5.56 Å². The number of amides is 2. The molecule has 0 fully saturated rings. The minimum Gasteiger partial charge on any atom is -0.452 e. The second-order valence-electron chi connectivity index (χ2n) is 4.44. The Balaban J connectivity index is 1.89. The number of ether oxygens (including phenoxy) is 1. The van der Waals surface area contributed by atoms with Crippen LogP contribution in [0.3, 0.4) is 0 Å². The summed E-state index contributed by atoms with van der Waals surface area (Å²) >= 11 is 3.06. The highest BCUT2D eigenvalue weighted by atomic mass is 79.9. The summed E-state index contributed by atoms with van der Waals surface area (Å²) in [6.07, 6.45) is 0. The third kappa shape index (κ3) is 4.72. The Bertz CT molecular complexity index is 749. The number of esters is 1. The van der Waals surface area contributed by atoms with E-state index in [9.17, 15) is 18.8 Å². The van der Waals surface area contributed by atoms with Crippen molar-refractivity contribution in [3.05, 3.63) is 69.9 Å². The highest BCUT2D eigenvalue weighted by molar-refractivity contribution is 9.10. The molecule has 2 aromatic carbocycles. The van der Waals surface area contributed by atoms with Crippen molar-refractivity contribution in [2.75, 3.05) is 6.61 Å². The second kappa shape index (κ2) is 7.64. The van der Waals surface area contributed by atoms with Gasteiger partial charge in [-0.1, -0.05) is 34.1 Å². The Hall–Kier alpha value is -2.54. The minimum atomic E-state index is -0.989. The number of carbonyl (C=O) groups is 3. The van der Waals surface area contributed by atoms with Crippen LogP contribution in [-0.2, 0) is 9.53 Å². The molecule has 0 aliphatic heterocycles. The zero-order valence-electron chi connectivity index (χ0n) is 11.7. The van der Waals surface area contributed by atoms with Crippen LogP contribution < -0.4 is 5.32 Å². The molecule has 0 saturated carbocycles. The van der Waals surface area contributed by atoms with Crippen LogP contribution in [0, 0.1) is 5.82 Å². The van der Waals surface area contributed by atoms with Crippen LogP contribution in [0.1, 0.15) is 20.7 Å². The summed E-state index contributed by atoms with van der Waals surface area (Å²) in [5.41, 5.74) is 0.00140. The zero-order chi connectivity index (χ0) is 16.8. The minimum absolute atomic E-state index is 0.296. The first-order chi connectivity index (χ1) is 11.0. The van der Waals surface area contributed by atoms with Crippen molar-refractivity contribution in [1.29, 1.82) is 0 Å². The fourth-order valence-corrected chi connectivity index (χ4v) is 2.02. The smallest absolute Gasteiger partial charge is 0.341 e. The molecule has 2 rings (SSSR count). The van der Waals surface area contributed by atoms with Gasteiger partial charge in [-0.2, -0.15) is 0 Å². The molecule has 118 valence electrons. The molecule has 0 atom stereocenters. The third-order valence-electron chi connectivity index (χ3n) is 2.77. The molecule has 2 amide bonds. The van der Waals surface area contributed by atoms with E-state index >= 15 is 0 Å². The second-order valence-corrected chi connectivity index (χ2v) is 5.36. The fraction of sp³-hybridized carbons (Fsp3) is 0.0625. The first-order valence-electron chi connectivity index (χ1n) is 6.49. The summed E-state index contributed by atoms with van der Waals surface area (Å²) in [4.78, 5) is 35.0. The Morgan fingerprint density at radius 1 is 1.09 bits per heavy atom. The maximum atomic E-state index is 13.6. The van der Waals surface area contributed by atoms with Gasteiger partial charge in [-0.3, -0.25) is 14.9 Å². The fourth-order valence-electron chi connectivity index (χ4n) is 1.69. The van der Waals surface area contributed by atoms with Gasteiger partial charge in [0.2, 0.25) is 0 Å². The largest absolute Gasteiger partial charge is 0.452 e. The van der Waals surface area contributed by atoms with Crippen molar-refractivity contribution in [3.8, 4) is 0 Å². The number of benzene rings is 2. The van der Waals surface area contributed by atoms with Gasteiger partial charge >= 0.3 is 5.97 Å². The van der Waals surface area contributed by atoms with Crippen LogP contribution >= 0.6 is 15.9 Å². The molecule has 7 heteroatoms. The standard InChI is InChI=1S/C16H11BrFNO4/c17-11-6-7-12(13(18)8-11)16(22)23-9-14(20)19-15(21)10-4-2-1-3-5-10/h1-8H,9H2,(H,19,20,21). The summed E-state index contributed by atoms with van der Waals surface area (Å²) < 4.78 is 18.7. The summed E-state index contributed by atoms with van der Waals surface area (Å²) in [7, 11) is 0. The topological polar surface area (TPSA) is 72.5 Å². The van der Waals surface area contributed by atoms with Crippen LogP contribution in [0.5, 0.6) is 0 Å². The van der Waals surface area contributed by atoms with Gasteiger partial charge in [-0.25, -0.2) is 9.18 Å². The van der Waals surface area contributed by atoms with E-state index in [0.717, 1.165) is 6.07 Å². The Labute approximate surface area is 139 Å². The summed E-state index contributed by atoms with van der Waals surface area (Å²) in [5, 5.41) is 2.07. The highest BCUT2D eigenvalue weighted by Gasteiger charge is 2.16. The van der Waals surface area contributed by atoms with E-state index in [1.54, 1.807) is 18.2 Å². The lowest BCUT2D eigenvalue weighted by molar-refractivity contribution is -0.123. The van der Waals surface area contributed by atoms with Gasteiger partial charge in [-0.15, -0.1) is 0 Å². The van der Waals surface area contributed by atoms with Crippen LogP contribution in [0.15, 0.2) is 53.0 Å². The summed E-state index contributed by atoms with van der Waals surface area (Å²) in [6.45, 7) is -0.688. The number of carbonyl (C=O) groups excluding carboxylic acids is 3. The zero-order valence-corrected chi connectivity index (χ0v) is 13.3. The van der Waals surface area contributed by atoms with E-state index in [2.05, 4.69) is 26.0 Å². The monoisotopic (exact) mass is 379 g/mol. The lowest BCUT2D eigenvalue weighted by Crippen LogP contribution is -2.34. The summed E-state index contributed by atoms with van der Waals surface area (Å²) in [5.74, 6) is -3.17. The molecule has 0 bridgehead atoms. The molecular formula is C16H11BrFNO4. The molecular weight excluding hydrogens is 369 g/mol. The number of halogens is 2. The molecule has 2 aromatic rings. The van der Waals surface area contributed by atoms with Crippen LogP contribution in [0.25, 0.3) is 0 Å². The Kier molecular flexibility index (Phi) is 5.59. The molecule has 0 saturated heterocycles. The van der Waals surface area contributed by atoms with Gasteiger partial charge in [0.25, 0.3) is 11.8 Å². The van der Waals surface area contributed by atoms with Gasteiger partial charge in [-0.05, 0) is 30.3 Å². The normalized spacial score (nSPS) is 10.0. The maximum absolute atomic E-state index is 13.6. The van der Waals surface area contributed by atoms with E-state index in [0.29, 0.717) is 10.0 Å². The predicted octanol–water partition coefficient (Wildman–Crippen LogP) is 2.70. The molecule has 0 aliphatic rings. The first-order valence-corrected chi connectivity index (χ1v) is 7.28. The average Bonchev–Trinajstić information content (AvgIpc) is 2.53. The predicted molar refractivity (Wildman–Crippen MR) is 83.3 cm³/mol. The molecule has 0 spiro atoms. The first kappa shape index (κ1) is 16.8. The van der Waals surface area contributed by atoms with Gasteiger partial charge in [0.1, 0.15) is 5.82 Å². The quantitative estimate of drug-likeness (QED) is 0.828. The average molecular weight is 380 g/mol. The molecule has 0 aliphatic carbocycles. The van der Waals surface area contributed by atoms with Gasteiger partial charge in [0.15, 0.2) is 6.61 Å². The van der Waals surface area contributed by atoms with Gasteiger partial charge < -0.3 is 4.74 Å². The molecule has 0 heterocycles. The van der Waals surface area contributed by atoms with Crippen LogP contribution in [0.4, 0.5) is 4.39 Å². The highest BCUT2D eigenvalue weighted by Crippen LogP contribution is 2.16. The third-order valence-corrected chi connectivity index (χ3v) is 3.27. The van der Waals surface area contributed by atoms with E-state index in [4.69, 9.17) is 0 Å². The van der Waals surface area contributed by atoms with Gasteiger partial charge in [0, 0.05) is 10.0 Å². The molecule has 0 unspecified atom stereocenters. The van der Waals surface area contributed by atoms with Crippen molar-refractivity contribution in [2.45, 2.75) is 0 Å². The number of nitrogens with one attached hydrogen (secondary N) is 1. The van der Waals surface area contributed by atoms with Crippen molar-refractivity contribution >= 4 is 33.7 Å². The maximum Gasteiger partial charge on any atom is 0.341 e. The number of rotatable bonds is 4. The van der Waals surface area contributed by atoms with Crippen molar-refractivity contribution in [3.63, 3.8) is 0 Å². The van der Waals surface area contributed by atoms with Crippen molar-refractivity contribution < 1.29 is 23.5 Å². The van der Waals surface area contributed by atoms with Crippen LogP contribution in [-0.4, -0.2) is 24.4 Å². The SMILES string of the molecule is O=C(COC(=O)c1ccc(Br)cc1F)NC(=O)c1ccccc1. The lowest BCUT2D eigenvalue weighted by atomic mass is 10.2. The Morgan fingerprint density at radius 3 is 2.43 bits per heavy atom. The van der Waals surface area contributed by atoms with Crippen molar-refractivity contribution in [1.82, 2.24) is 5.32 Å². The van der Waals surface area contributed by atoms with E-state index < -0.39 is 30.2 Å². The van der Waals surface area contributed by atoms with Crippen LogP contribution in [0.2, 0.25) is 0 Å². The number of hydrogen-bond acceptors (Lipinski definition) is 4. The number of hydrogen-bond donors (Lipinski definition) is 1. The molecule has 5 nitrogen and oxygen atoms in total. The molecule has 1 N–H and O–H groups in total. The van der Waals surface area contributed by atoms with Gasteiger partial charge in [0.05, 0.1) is 5.56 Å². The molecule has 0 aromatic heterocycles. The van der Waals surface area contributed by atoms with E-state index in [1.165, 1.54) is 24.3 Å². The van der Waals surface area contributed by atoms with Crippen molar-refractivity contribution in [2.24, 2.45) is 0 Å². The molecule has 23 heavy (non-hydrogen) atoms. The summed E-state index contributed by atoms with van der Waals surface area (Å²) in [6, 6.07) is 11.9. The van der Waals surface area contributed by atoms with E-state index in [1.807, 2.05) is 0 Å². The Morgan fingerprint density at radius 2 is 1.78 bits per heavy atom. The molecule has 0 radical (unpaired) electrons. The lowest BCUT2D eigenvalue weighted by Gasteiger charge is -2.06.